The van der Waals surface area contributed by atoms with Gasteiger partial charge >= 0.3 is 5.97 Å². The Kier molecular flexibility index (Phi) is 7.11. The molecule has 0 bridgehead atoms. The van der Waals surface area contributed by atoms with E-state index < -0.39 is 0 Å². The zero-order valence-electron chi connectivity index (χ0n) is 11.2. The quantitative estimate of drug-likeness (QED) is 0.665. The van der Waals surface area contributed by atoms with Gasteiger partial charge in [0.2, 0.25) is 0 Å². The van der Waals surface area contributed by atoms with E-state index in [1.165, 1.54) is 5.56 Å². The Labute approximate surface area is 109 Å². The summed E-state index contributed by atoms with van der Waals surface area (Å²) in [6.07, 6.45) is 2.11. The van der Waals surface area contributed by atoms with Crippen molar-refractivity contribution in [3.8, 4) is 0 Å². The molecule has 0 aliphatic heterocycles. The van der Waals surface area contributed by atoms with Crippen molar-refractivity contribution < 1.29 is 14.3 Å². The van der Waals surface area contributed by atoms with E-state index in [4.69, 9.17) is 9.47 Å². The van der Waals surface area contributed by atoms with Gasteiger partial charge in [-0.3, -0.25) is 4.79 Å². The SMILES string of the molecule is COCCC(C)COC(=O)CCc1ccccc1. The van der Waals surface area contributed by atoms with Crippen LogP contribution in [0.4, 0.5) is 0 Å². The van der Waals surface area contributed by atoms with Crippen LogP contribution in [0.15, 0.2) is 30.3 Å². The molecular weight excluding hydrogens is 228 g/mol. The van der Waals surface area contributed by atoms with Crippen LogP contribution in [0, 0.1) is 5.92 Å². The first-order valence-electron chi connectivity index (χ1n) is 6.41. The molecule has 0 heterocycles. The molecule has 0 amide bonds. The summed E-state index contributed by atoms with van der Waals surface area (Å²) in [5.74, 6) is 0.230. The highest BCUT2D eigenvalue weighted by molar-refractivity contribution is 5.69. The zero-order chi connectivity index (χ0) is 13.2. The number of esters is 1. The van der Waals surface area contributed by atoms with Crippen molar-refractivity contribution in [1.29, 1.82) is 0 Å². The summed E-state index contributed by atoms with van der Waals surface area (Å²) in [4.78, 5) is 11.5. The molecular formula is C15H22O3. The van der Waals surface area contributed by atoms with Gasteiger partial charge in [0.25, 0.3) is 0 Å². The normalized spacial score (nSPS) is 12.1. The Morgan fingerprint density at radius 3 is 2.67 bits per heavy atom. The predicted molar refractivity (Wildman–Crippen MR) is 71.4 cm³/mol. The lowest BCUT2D eigenvalue weighted by molar-refractivity contribution is -0.145. The van der Waals surface area contributed by atoms with E-state index in [1.807, 2.05) is 30.3 Å². The molecule has 18 heavy (non-hydrogen) atoms. The molecule has 0 spiro atoms. The van der Waals surface area contributed by atoms with Gasteiger partial charge in [0.05, 0.1) is 6.61 Å². The lowest BCUT2D eigenvalue weighted by Gasteiger charge is -2.11. The fourth-order valence-corrected chi connectivity index (χ4v) is 1.60. The molecule has 3 heteroatoms. The maximum atomic E-state index is 11.5. The van der Waals surface area contributed by atoms with Crippen molar-refractivity contribution >= 4 is 5.97 Å². The van der Waals surface area contributed by atoms with Gasteiger partial charge in [-0.2, -0.15) is 0 Å². The minimum atomic E-state index is -0.122. The van der Waals surface area contributed by atoms with Crippen molar-refractivity contribution in [1.82, 2.24) is 0 Å². The third-order valence-electron chi connectivity index (χ3n) is 2.80. The van der Waals surface area contributed by atoms with E-state index in [9.17, 15) is 4.79 Å². The third kappa shape index (κ3) is 6.40. The van der Waals surface area contributed by atoms with E-state index in [2.05, 4.69) is 6.92 Å². The van der Waals surface area contributed by atoms with Gasteiger partial charge in [-0.25, -0.2) is 0 Å². The zero-order valence-corrected chi connectivity index (χ0v) is 11.2. The van der Waals surface area contributed by atoms with Crippen molar-refractivity contribution in [2.75, 3.05) is 20.3 Å². The van der Waals surface area contributed by atoms with Crippen molar-refractivity contribution in [2.45, 2.75) is 26.2 Å². The molecule has 100 valence electrons. The van der Waals surface area contributed by atoms with Crippen LogP contribution >= 0.6 is 0 Å². The average molecular weight is 250 g/mol. The molecule has 0 fully saturated rings. The number of rotatable bonds is 8. The molecule has 0 aromatic heterocycles. The van der Waals surface area contributed by atoms with E-state index in [0.717, 1.165) is 12.8 Å². The molecule has 1 aromatic rings. The molecule has 1 aromatic carbocycles. The van der Waals surface area contributed by atoms with Crippen LogP contribution in [0.25, 0.3) is 0 Å². The molecule has 0 aliphatic carbocycles. The summed E-state index contributed by atoms with van der Waals surface area (Å²) in [7, 11) is 1.68. The average Bonchev–Trinajstić information content (AvgIpc) is 2.41. The number of benzene rings is 1. The lowest BCUT2D eigenvalue weighted by atomic mass is 10.1. The van der Waals surface area contributed by atoms with Crippen LogP contribution in [-0.2, 0) is 20.7 Å². The third-order valence-corrected chi connectivity index (χ3v) is 2.80. The first kappa shape index (κ1) is 14.7. The van der Waals surface area contributed by atoms with Gasteiger partial charge in [0.15, 0.2) is 0 Å². The highest BCUT2D eigenvalue weighted by Gasteiger charge is 2.07. The van der Waals surface area contributed by atoms with Crippen LogP contribution in [0.3, 0.4) is 0 Å². The first-order valence-corrected chi connectivity index (χ1v) is 6.41. The standard InChI is InChI=1S/C15H22O3/c1-13(10-11-17-2)12-18-15(16)9-8-14-6-4-3-5-7-14/h3-7,13H,8-12H2,1-2H3. The maximum absolute atomic E-state index is 11.5. The van der Waals surface area contributed by atoms with E-state index >= 15 is 0 Å². The maximum Gasteiger partial charge on any atom is 0.306 e. The number of ether oxygens (including phenoxy) is 2. The summed E-state index contributed by atoms with van der Waals surface area (Å²) in [6, 6.07) is 9.98. The number of aryl methyl sites for hydroxylation is 1. The molecule has 0 saturated carbocycles. The molecule has 0 N–H and O–H groups in total. The minimum absolute atomic E-state index is 0.122. The van der Waals surface area contributed by atoms with Crippen molar-refractivity contribution in [3.63, 3.8) is 0 Å². The van der Waals surface area contributed by atoms with Crippen molar-refractivity contribution in [2.24, 2.45) is 5.92 Å². The van der Waals surface area contributed by atoms with Gasteiger partial charge in [-0.05, 0) is 24.3 Å². The minimum Gasteiger partial charge on any atom is -0.465 e. The molecule has 0 radical (unpaired) electrons. The van der Waals surface area contributed by atoms with E-state index in [0.29, 0.717) is 25.6 Å². The van der Waals surface area contributed by atoms with Gasteiger partial charge in [0.1, 0.15) is 0 Å². The summed E-state index contributed by atoms with van der Waals surface area (Å²) >= 11 is 0. The fraction of sp³-hybridized carbons (Fsp3) is 0.533. The molecule has 1 rings (SSSR count). The van der Waals surface area contributed by atoms with E-state index in [-0.39, 0.29) is 5.97 Å². The molecule has 1 unspecified atom stereocenters. The summed E-state index contributed by atoms with van der Waals surface area (Å²) in [5.41, 5.74) is 1.17. The van der Waals surface area contributed by atoms with Crippen LogP contribution in [0.2, 0.25) is 0 Å². The molecule has 0 aliphatic rings. The molecule has 3 nitrogen and oxygen atoms in total. The van der Waals surface area contributed by atoms with Crippen LogP contribution < -0.4 is 0 Å². The van der Waals surface area contributed by atoms with E-state index in [1.54, 1.807) is 7.11 Å². The van der Waals surface area contributed by atoms with Gasteiger partial charge in [0, 0.05) is 20.1 Å². The molecule has 1 atom stereocenters. The lowest BCUT2D eigenvalue weighted by Crippen LogP contribution is -2.13. The number of carbonyl (C=O) groups excluding carboxylic acids is 1. The second-order valence-corrected chi connectivity index (χ2v) is 4.56. The van der Waals surface area contributed by atoms with Crippen LogP contribution in [0.1, 0.15) is 25.3 Å². The summed E-state index contributed by atoms with van der Waals surface area (Å²) in [6.45, 7) is 3.25. The number of carbonyl (C=O) groups is 1. The number of hydrogen-bond donors (Lipinski definition) is 0. The smallest absolute Gasteiger partial charge is 0.306 e. The fourth-order valence-electron chi connectivity index (χ4n) is 1.60. The number of methoxy groups -OCH3 is 1. The summed E-state index contributed by atoms with van der Waals surface area (Å²) in [5, 5.41) is 0. The Bertz CT molecular complexity index is 335. The topological polar surface area (TPSA) is 35.5 Å². The second-order valence-electron chi connectivity index (χ2n) is 4.56. The highest BCUT2D eigenvalue weighted by Crippen LogP contribution is 2.06. The van der Waals surface area contributed by atoms with Crippen LogP contribution in [-0.4, -0.2) is 26.3 Å². The Morgan fingerprint density at radius 1 is 1.28 bits per heavy atom. The first-order chi connectivity index (χ1) is 8.72. The Morgan fingerprint density at radius 2 is 2.00 bits per heavy atom. The van der Waals surface area contributed by atoms with Crippen molar-refractivity contribution in [3.05, 3.63) is 35.9 Å². The Balaban J connectivity index is 2.14. The largest absolute Gasteiger partial charge is 0.465 e. The van der Waals surface area contributed by atoms with Gasteiger partial charge < -0.3 is 9.47 Å². The monoisotopic (exact) mass is 250 g/mol. The van der Waals surface area contributed by atoms with Crippen LogP contribution in [0.5, 0.6) is 0 Å². The number of hydrogen-bond acceptors (Lipinski definition) is 3. The predicted octanol–water partition coefficient (Wildman–Crippen LogP) is 2.84. The van der Waals surface area contributed by atoms with Gasteiger partial charge in [-0.1, -0.05) is 37.3 Å². The Hall–Kier alpha value is -1.35. The molecule has 0 saturated heterocycles. The second kappa shape index (κ2) is 8.70. The van der Waals surface area contributed by atoms with Gasteiger partial charge in [-0.15, -0.1) is 0 Å². The summed E-state index contributed by atoms with van der Waals surface area (Å²) < 4.78 is 10.2. The highest BCUT2D eigenvalue weighted by atomic mass is 16.5.